The Bertz CT molecular complexity index is 1210. The molecule has 0 spiro atoms. The maximum absolute atomic E-state index is 11.7. The second-order valence-electron chi connectivity index (χ2n) is 7.58. The summed E-state index contributed by atoms with van der Waals surface area (Å²) in [6.45, 7) is 3.08. The van der Waals surface area contributed by atoms with Gasteiger partial charge in [0.15, 0.2) is 0 Å². The van der Waals surface area contributed by atoms with Crippen molar-refractivity contribution in [1.82, 2.24) is 0 Å². The van der Waals surface area contributed by atoms with Gasteiger partial charge in [0.05, 0.1) is 12.9 Å². The molecular formula is C27H27NO4. The van der Waals surface area contributed by atoms with E-state index < -0.39 is 0 Å². The van der Waals surface area contributed by atoms with E-state index in [2.05, 4.69) is 24.3 Å². The van der Waals surface area contributed by atoms with Gasteiger partial charge in [-0.2, -0.15) is 0 Å². The third-order valence-corrected chi connectivity index (χ3v) is 5.41. The molecule has 0 saturated carbocycles. The lowest BCUT2D eigenvalue weighted by atomic mass is 10.0. The predicted octanol–water partition coefficient (Wildman–Crippen LogP) is 5.63. The van der Waals surface area contributed by atoms with E-state index in [4.69, 9.17) is 19.6 Å². The number of carbonyl (C=O) groups excluding carboxylic acids is 1. The minimum absolute atomic E-state index is 0.200. The van der Waals surface area contributed by atoms with Crippen molar-refractivity contribution < 1.29 is 18.7 Å². The molecule has 0 saturated heterocycles. The van der Waals surface area contributed by atoms with Crippen molar-refractivity contribution in [3.63, 3.8) is 0 Å². The Morgan fingerprint density at radius 1 is 0.969 bits per heavy atom. The van der Waals surface area contributed by atoms with Crippen LogP contribution in [0.4, 0.5) is 0 Å². The van der Waals surface area contributed by atoms with Crippen LogP contribution in [0.15, 0.2) is 77.4 Å². The fourth-order valence-corrected chi connectivity index (χ4v) is 3.73. The number of fused-ring (bicyclic) bond motifs is 1. The van der Waals surface area contributed by atoms with Gasteiger partial charge < -0.3 is 19.6 Å². The van der Waals surface area contributed by atoms with Gasteiger partial charge in [0.1, 0.15) is 17.9 Å². The smallest absolute Gasteiger partial charge is 0.306 e. The normalized spacial score (nSPS) is 10.9. The van der Waals surface area contributed by atoms with Crippen LogP contribution < -0.4 is 10.5 Å². The molecule has 4 aromatic rings. The number of benzene rings is 3. The molecule has 4 rings (SSSR count). The van der Waals surface area contributed by atoms with Crippen LogP contribution in [0.2, 0.25) is 0 Å². The van der Waals surface area contributed by atoms with Gasteiger partial charge in [0.25, 0.3) is 0 Å². The zero-order valence-corrected chi connectivity index (χ0v) is 18.2. The van der Waals surface area contributed by atoms with Crippen molar-refractivity contribution in [2.45, 2.75) is 32.9 Å². The Hall–Kier alpha value is -3.57. The lowest BCUT2D eigenvalue weighted by Gasteiger charge is -2.11. The molecule has 0 aliphatic carbocycles. The highest BCUT2D eigenvalue weighted by Crippen LogP contribution is 2.30. The van der Waals surface area contributed by atoms with Crippen molar-refractivity contribution in [1.29, 1.82) is 0 Å². The van der Waals surface area contributed by atoms with Gasteiger partial charge in [-0.15, -0.1) is 0 Å². The van der Waals surface area contributed by atoms with E-state index in [0.717, 1.165) is 44.5 Å². The van der Waals surface area contributed by atoms with E-state index in [1.54, 1.807) is 6.26 Å². The highest BCUT2D eigenvalue weighted by molar-refractivity contribution is 5.86. The van der Waals surface area contributed by atoms with Crippen molar-refractivity contribution in [2.75, 3.05) is 6.61 Å². The molecule has 32 heavy (non-hydrogen) atoms. The summed E-state index contributed by atoms with van der Waals surface area (Å²) in [5.74, 6) is 0.562. The third kappa shape index (κ3) is 5.01. The van der Waals surface area contributed by atoms with Crippen LogP contribution in [-0.2, 0) is 29.1 Å². The standard InChI is InChI=1S/C27H27NO4/c1-2-30-27(29)13-11-20-7-3-4-9-25(20)31-17-23-18-32-26-12-10-22(15-24(23)26)21-8-5-6-19(14-21)16-28/h3-10,12,14-15,18H,2,11,13,16-17,28H2,1H3. The third-order valence-electron chi connectivity index (χ3n) is 5.41. The minimum Gasteiger partial charge on any atom is -0.488 e. The van der Waals surface area contributed by atoms with Gasteiger partial charge >= 0.3 is 5.97 Å². The molecule has 0 aliphatic heterocycles. The summed E-state index contributed by atoms with van der Waals surface area (Å²) in [5, 5.41) is 1.02. The molecule has 1 aromatic heterocycles. The van der Waals surface area contributed by atoms with Gasteiger partial charge in [0.2, 0.25) is 0 Å². The fourth-order valence-electron chi connectivity index (χ4n) is 3.73. The predicted molar refractivity (Wildman–Crippen MR) is 125 cm³/mol. The molecule has 5 heteroatoms. The van der Waals surface area contributed by atoms with E-state index in [1.807, 2.05) is 49.4 Å². The summed E-state index contributed by atoms with van der Waals surface area (Å²) in [6.07, 6.45) is 2.64. The maximum Gasteiger partial charge on any atom is 0.306 e. The van der Waals surface area contributed by atoms with Crippen LogP contribution in [0, 0.1) is 0 Å². The topological polar surface area (TPSA) is 74.7 Å². The maximum atomic E-state index is 11.7. The van der Waals surface area contributed by atoms with Gasteiger partial charge in [0, 0.05) is 23.9 Å². The second kappa shape index (κ2) is 10.2. The summed E-state index contributed by atoms with van der Waals surface area (Å²) in [5.41, 5.74) is 11.9. The Labute approximate surface area is 187 Å². The number of hydrogen-bond donors (Lipinski definition) is 1. The first kappa shape index (κ1) is 21.7. The molecule has 1 heterocycles. The molecule has 164 valence electrons. The van der Waals surface area contributed by atoms with E-state index in [9.17, 15) is 4.79 Å². The number of furan rings is 1. The van der Waals surface area contributed by atoms with Crippen LogP contribution >= 0.6 is 0 Å². The monoisotopic (exact) mass is 429 g/mol. The molecule has 0 bridgehead atoms. The molecule has 0 atom stereocenters. The highest BCUT2D eigenvalue weighted by atomic mass is 16.5. The molecular weight excluding hydrogens is 402 g/mol. The number of rotatable bonds is 9. The van der Waals surface area contributed by atoms with E-state index >= 15 is 0 Å². The quantitative estimate of drug-likeness (QED) is 0.349. The Morgan fingerprint density at radius 2 is 1.81 bits per heavy atom. The Morgan fingerprint density at radius 3 is 2.66 bits per heavy atom. The van der Waals surface area contributed by atoms with E-state index in [-0.39, 0.29) is 5.97 Å². The second-order valence-corrected chi connectivity index (χ2v) is 7.58. The number of carbonyl (C=O) groups is 1. The molecule has 0 amide bonds. The summed E-state index contributed by atoms with van der Waals surface area (Å²) in [4.78, 5) is 11.7. The summed E-state index contributed by atoms with van der Waals surface area (Å²) >= 11 is 0. The largest absolute Gasteiger partial charge is 0.488 e. The summed E-state index contributed by atoms with van der Waals surface area (Å²) < 4.78 is 16.9. The van der Waals surface area contributed by atoms with Crippen LogP contribution in [0.25, 0.3) is 22.1 Å². The SMILES string of the molecule is CCOC(=O)CCc1ccccc1OCc1coc2ccc(-c3cccc(CN)c3)cc12. The number of para-hydroxylation sites is 1. The van der Waals surface area contributed by atoms with Gasteiger partial charge in [-0.05, 0) is 59.9 Å². The molecule has 3 aromatic carbocycles. The lowest BCUT2D eigenvalue weighted by Crippen LogP contribution is -2.06. The average molecular weight is 430 g/mol. The number of esters is 1. The molecule has 5 nitrogen and oxygen atoms in total. The van der Waals surface area contributed by atoms with Gasteiger partial charge in [-0.1, -0.05) is 42.5 Å². The summed E-state index contributed by atoms with van der Waals surface area (Å²) in [7, 11) is 0. The van der Waals surface area contributed by atoms with Crippen LogP contribution in [0.3, 0.4) is 0 Å². The Balaban J connectivity index is 1.52. The lowest BCUT2D eigenvalue weighted by molar-refractivity contribution is -0.143. The molecule has 0 radical (unpaired) electrons. The van der Waals surface area contributed by atoms with Gasteiger partial charge in [-0.3, -0.25) is 4.79 Å². The number of aryl methyl sites for hydroxylation is 1. The van der Waals surface area contributed by atoms with Crippen molar-refractivity contribution in [3.05, 3.63) is 89.7 Å². The highest BCUT2D eigenvalue weighted by Gasteiger charge is 2.11. The first-order valence-corrected chi connectivity index (χ1v) is 10.8. The van der Waals surface area contributed by atoms with Crippen molar-refractivity contribution in [2.24, 2.45) is 5.73 Å². The number of nitrogens with two attached hydrogens (primary N) is 1. The minimum atomic E-state index is -0.200. The molecule has 0 unspecified atom stereocenters. The zero-order valence-electron chi connectivity index (χ0n) is 18.2. The summed E-state index contributed by atoms with van der Waals surface area (Å²) in [6, 6.07) is 22.2. The zero-order chi connectivity index (χ0) is 22.3. The Kier molecular flexibility index (Phi) is 6.87. The number of ether oxygens (including phenoxy) is 2. The van der Waals surface area contributed by atoms with E-state index in [1.165, 1.54) is 0 Å². The first-order valence-electron chi connectivity index (χ1n) is 10.8. The van der Waals surface area contributed by atoms with E-state index in [0.29, 0.717) is 32.6 Å². The number of hydrogen-bond acceptors (Lipinski definition) is 5. The van der Waals surface area contributed by atoms with Crippen LogP contribution in [0.5, 0.6) is 5.75 Å². The van der Waals surface area contributed by atoms with Crippen LogP contribution in [-0.4, -0.2) is 12.6 Å². The molecule has 2 N–H and O–H groups in total. The average Bonchev–Trinajstić information content (AvgIpc) is 3.24. The first-order chi connectivity index (χ1) is 15.7. The van der Waals surface area contributed by atoms with Gasteiger partial charge in [-0.25, -0.2) is 0 Å². The van der Waals surface area contributed by atoms with Crippen molar-refractivity contribution >= 4 is 16.9 Å². The fraction of sp³-hybridized carbons (Fsp3) is 0.222. The molecule has 0 aliphatic rings. The molecule has 0 fully saturated rings. The van der Waals surface area contributed by atoms with Crippen molar-refractivity contribution in [3.8, 4) is 16.9 Å². The van der Waals surface area contributed by atoms with Crippen LogP contribution in [0.1, 0.15) is 30.0 Å².